The summed E-state index contributed by atoms with van der Waals surface area (Å²) in [6.07, 6.45) is -4.00. The molecule has 0 amide bonds. The molecule has 0 unspecified atom stereocenters. The SMILES string of the molecule is CCO[C@@]1(CO)OC[C@@H](O)[C@@H](O)[C@@H]1O. The van der Waals surface area contributed by atoms with Crippen molar-refractivity contribution in [3.8, 4) is 0 Å². The van der Waals surface area contributed by atoms with Crippen LogP contribution in [-0.4, -0.2) is 64.3 Å². The Balaban J connectivity index is 2.76. The topological polar surface area (TPSA) is 99.4 Å². The van der Waals surface area contributed by atoms with Crippen LogP contribution >= 0.6 is 0 Å². The highest BCUT2D eigenvalue weighted by Crippen LogP contribution is 2.27. The van der Waals surface area contributed by atoms with Gasteiger partial charge in [-0.15, -0.1) is 0 Å². The zero-order chi connectivity index (χ0) is 10.8. The van der Waals surface area contributed by atoms with Gasteiger partial charge in [-0.2, -0.15) is 0 Å². The van der Waals surface area contributed by atoms with E-state index in [1.807, 2.05) is 0 Å². The lowest BCUT2D eigenvalue weighted by Gasteiger charge is -2.43. The van der Waals surface area contributed by atoms with Gasteiger partial charge in [-0.3, -0.25) is 0 Å². The molecule has 1 heterocycles. The van der Waals surface area contributed by atoms with Gasteiger partial charge >= 0.3 is 0 Å². The molecule has 0 spiro atoms. The Labute approximate surface area is 81.7 Å². The maximum absolute atomic E-state index is 9.57. The highest BCUT2D eigenvalue weighted by molar-refractivity contribution is 4.92. The third kappa shape index (κ3) is 1.90. The first-order valence-corrected chi connectivity index (χ1v) is 4.50. The van der Waals surface area contributed by atoms with E-state index in [-0.39, 0.29) is 13.2 Å². The molecule has 0 saturated carbocycles. The molecule has 1 saturated heterocycles. The molecule has 0 radical (unpaired) electrons. The van der Waals surface area contributed by atoms with E-state index in [9.17, 15) is 15.3 Å². The van der Waals surface area contributed by atoms with Crippen LogP contribution in [0.15, 0.2) is 0 Å². The second kappa shape index (κ2) is 4.52. The summed E-state index contributed by atoms with van der Waals surface area (Å²) in [5.41, 5.74) is 0. The van der Waals surface area contributed by atoms with Gasteiger partial charge in [0.1, 0.15) is 24.9 Å². The Kier molecular flexibility index (Phi) is 3.82. The second-order valence-electron chi connectivity index (χ2n) is 3.22. The highest BCUT2D eigenvalue weighted by atomic mass is 16.7. The summed E-state index contributed by atoms with van der Waals surface area (Å²) >= 11 is 0. The minimum atomic E-state index is -1.62. The zero-order valence-corrected chi connectivity index (χ0v) is 7.96. The van der Waals surface area contributed by atoms with E-state index in [1.165, 1.54) is 0 Å². The Hall–Kier alpha value is -0.240. The van der Waals surface area contributed by atoms with E-state index >= 15 is 0 Å². The summed E-state index contributed by atoms with van der Waals surface area (Å²) in [6, 6.07) is 0. The molecule has 0 aliphatic carbocycles. The van der Waals surface area contributed by atoms with Crippen molar-refractivity contribution in [1.29, 1.82) is 0 Å². The molecule has 4 N–H and O–H groups in total. The monoisotopic (exact) mass is 208 g/mol. The molecule has 14 heavy (non-hydrogen) atoms. The first-order valence-electron chi connectivity index (χ1n) is 4.50. The number of ether oxygens (including phenoxy) is 2. The molecule has 0 bridgehead atoms. The van der Waals surface area contributed by atoms with E-state index in [2.05, 4.69) is 0 Å². The highest BCUT2D eigenvalue weighted by Gasteiger charge is 2.50. The van der Waals surface area contributed by atoms with Crippen LogP contribution in [0.3, 0.4) is 0 Å². The van der Waals surface area contributed by atoms with Gasteiger partial charge in [0, 0.05) is 6.61 Å². The Morgan fingerprint density at radius 1 is 1.43 bits per heavy atom. The van der Waals surface area contributed by atoms with Crippen LogP contribution in [0.5, 0.6) is 0 Å². The Bertz CT molecular complexity index is 187. The predicted octanol–water partition coefficient (Wildman–Crippen LogP) is -2.18. The standard InChI is InChI=1S/C8H16O6/c1-2-13-8(4-9)7(12)6(11)5(10)3-14-8/h5-7,9-12H,2-4H2,1H3/t5-,6-,7+,8+/m1/s1. The average molecular weight is 208 g/mol. The maximum Gasteiger partial charge on any atom is 0.221 e. The lowest BCUT2D eigenvalue weighted by Crippen LogP contribution is -2.63. The van der Waals surface area contributed by atoms with Crippen LogP contribution in [-0.2, 0) is 9.47 Å². The molecular weight excluding hydrogens is 192 g/mol. The summed E-state index contributed by atoms with van der Waals surface area (Å²) in [4.78, 5) is 0. The van der Waals surface area contributed by atoms with Crippen LogP contribution in [0.25, 0.3) is 0 Å². The van der Waals surface area contributed by atoms with Gasteiger partial charge in [-0.1, -0.05) is 0 Å². The van der Waals surface area contributed by atoms with Gasteiger partial charge in [0.25, 0.3) is 0 Å². The Morgan fingerprint density at radius 2 is 2.07 bits per heavy atom. The summed E-state index contributed by atoms with van der Waals surface area (Å²) in [5, 5.41) is 37.2. The van der Waals surface area contributed by atoms with Gasteiger partial charge in [0.15, 0.2) is 0 Å². The third-order valence-electron chi connectivity index (χ3n) is 2.28. The molecule has 4 atom stereocenters. The number of hydrogen-bond donors (Lipinski definition) is 4. The van der Waals surface area contributed by atoms with Crippen molar-refractivity contribution in [3.05, 3.63) is 0 Å². The summed E-state index contributed by atoms with van der Waals surface area (Å²) in [6.45, 7) is 1.13. The summed E-state index contributed by atoms with van der Waals surface area (Å²) in [5.74, 6) is -1.62. The van der Waals surface area contributed by atoms with Gasteiger partial charge in [0.2, 0.25) is 5.79 Å². The minimum absolute atomic E-state index is 0.182. The first-order chi connectivity index (χ1) is 6.57. The molecule has 6 heteroatoms. The fourth-order valence-electron chi connectivity index (χ4n) is 1.44. The molecule has 1 fully saturated rings. The van der Waals surface area contributed by atoms with Gasteiger partial charge in [-0.05, 0) is 6.92 Å². The van der Waals surface area contributed by atoms with Gasteiger partial charge in [-0.25, -0.2) is 0 Å². The molecule has 0 aromatic heterocycles. The van der Waals surface area contributed by atoms with Crippen molar-refractivity contribution < 1.29 is 29.9 Å². The van der Waals surface area contributed by atoms with Crippen molar-refractivity contribution in [1.82, 2.24) is 0 Å². The van der Waals surface area contributed by atoms with E-state index in [4.69, 9.17) is 14.6 Å². The Morgan fingerprint density at radius 3 is 2.57 bits per heavy atom. The summed E-state index contributed by atoms with van der Waals surface area (Å²) in [7, 11) is 0. The number of aliphatic hydroxyl groups excluding tert-OH is 4. The number of aliphatic hydroxyl groups is 4. The van der Waals surface area contributed by atoms with Crippen molar-refractivity contribution in [3.63, 3.8) is 0 Å². The van der Waals surface area contributed by atoms with Gasteiger partial charge < -0.3 is 29.9 Å². The predicted molar refractivity (Wildman–Crippen MR) is 45.4 cm³/mol. The quantitative estimate of drug-likeness (QED) is 0.421. The van der Waals surface area contributed by atoms with E-state index in [1.54, 1.807) is 6.92 Å². The molecule has 0 aromatic carbocycles. The number of hydrogen-bond acceptors (Lipinski definition) is 6. The average Bonchev–Trinajstić information content (AvgIpc) is 2.20. The molecule has 1 rings (SSSR count). The van der Waals surface area contributed by atoms with Crippen molar-refractivity contribution in [2.75, 3.05) is 19.8 Å². The molecule has 1 aliphatic heterocycles. The van der Waals surface area contributed by atoms with Crippen molar-refractivity contribution in [2.45, 2.75) is 31.0 Å². The van der Waals surface area contributed by atoms with Crippen LogP contribution in [0.4, 0.5) is 0 Å². The second-order valence-corrected chi connectivity index (χ2v) is 3.22. The van der Waals surface area contributed by atoms with Crippen molar-refractivity contribution >= 4 is 0 Å². The van der Waals surface area contributed by atoms with Gasteiger partial charge in [0.05, 0.1) is 6.61 Å². The fourth-order valence-corrected chi connectivity index (χ4v) is 1.44. The minimum Gasteiger partial charge on any atom is -0.391 e. The lowest BCUT2D eigenvalue weighted by molar-refractivity contribution is -0.347. The van der Waals surface area contributed by atoms with E-state index < -0.39 is 30.7 Å². The third-order valence-corrected chi connectivity index (χ3v) is 2.28. The lowest BCUT2D eigenvalue weighted by atomic mass is 9.97. The molecule has 84 valence electrons. The fraction of sp³-hybridized carbons (Fsp3) is 1.00. The van der Waals surface area contributed by atoms with E-state index in [0.29, 0.717) is 0 Å². The van der Waals surface area contributed by atoms with Crippen molar-refractivity contribution in [2.24, 2.45) is 0 Å². The largest absolute Gasteiger partial charge is 0.391 e. The van der Waals surface area contributed by atoms with Crippen LogP contribution in [0, 0.1) is 0 Å². The molecule has 6 nitrogen and oxygen atoms in total. The zero-order valence-electron chi connectivity index (χ0n) is 7.96. The maximum atomic E-state index is 9.57. The van der Waals surface area contributed by atoms with E-state index in [0.717, 1.165) is 0 Å². The number of rotatable bonds is 3. The van der Waals surface area contributed by atoms with Crippen LogP contribution in [0.2, 0.25) is 0 Å². The van der Waals surface area contributed by atoms with Crippen LogP contribution < -0.4 is 0 Å². The smallest absolute Gasteiger partial charge is 0.221 e. The molecular formula is C8H16O6. The summed E-state index contributed by atoms with van der Waals surface area (Å²) < 4.78 is 10.1. The first kappa shape index (κ1) is 11.8. The molecule has 1 aliphatic rings. The van der Waals surface area contributed by atoms with Crippen LogP contribution in [0.1, 0.15) is 6.92 Å². The molecule has 0 aromatic rings. The normalized spacial score (nSPS) is 43.9.